The molecule has 1 saturated carbocycles. The van der Waals surface area contributed by atoms with Gasteiger partial charge in [0.1, 0.15) is 0 Å². The highest BCUT2D eigenvalue weighted by molar-refractivity contribution is 7.80. The lowest BCUT2D eigenvalue weighted by Gasteiger charge is -2.31. The number of rotatable bonds is 3. The first-order chi connectivity index (χ1) is 10.9. The molecule has 4 nitrogen and oxygen atoms in total. The standard InChI is InChI=1S/C15H18F3N3OS/c16-15(17,18)10-1-4-13(21-5-7-22-8-6-21)12(9-10)20-14(23)19-11-2-3-11/h1,4,9,11H,2-3,5-8H2,(H2,19,20,23). The minimum absolute atomic E-state index is 0.340. The van der Waals surface area contributed by atoms with Gasteiger partial charge in [0.2, 0.25) is 0 Å². The molecule has 1 aliphatic heterocycles. The van der Waals surface area contributed by atoms with Crippen molar-refractivity contribution in [1.82, 2.24) is 5.32 Å². The van der Waals surface area contributed by atoms with Crippen molar-refractivity contribution < 1.29 is 17.9 Å². The Bertz CT molecular complexity index is 584. The number of anilines is 2. The number of hydrogen-bond acceptors (Lipinski definition) is 3. The van der Waals surface area contributed by atoms with E-state index < -0.39 is 11.7 Å². The van der Waals surface area contributed by atoms with Crippen LogP contribution >= 0.6 is 12.2 Å². The van der Waals surface area contributed by atoms with Crippen molar-refractivity contribution in [3.63, 3.8) is 0 Å². The number of nitrogens with one attached hydrogen (secondary N) is 2. The molecule has 0 spiro atoms. The molecule has 0 atom stereocenters. The second-order valence-corrected chi connectivity index (χ2v) is 6.11. The largest absolute Gasteiger partial charge is 0.416 e. The van der Waals surface area contributed by atoms with Crippen molar-refractivity contribution in [3.05, 3.63) is 23.8 Å². The maximum absolute atomic E-state index is 13.0. The van der Waals surface area contributed by atoms with Crippen LogP contribution in [-0.4, -0.2) is 37.5 Å². The summed E-state index contributed by atoms with van der Waals surface area (Å²) in [6, 6.07) is 4.06. The van der Waals surface area contributed by atoms with E-state index in [1.54, 1.807) is 0 Å². The number of thiocarbonyl (C=S) groups is 1. The predicted octanol–water partition coefficient (Wildman–Crippen LogP) is 2.99. The van der Waals surface area contributed by atoms with Gasteiger partial charge < -0.3 is 20.3 Å². The zero-order valence-corrected chi connectivity index (χ0v) is 13.3. The molecule has 0 aromatic heterocycles. The van der Waals surface area contributed by atoms with Crippen molar-refractivity contribution in [2.24, 2.45) is 0 Å². The molecular weight excluding hydrogens is 327 g/mol. The van der Waals surface area contributed by atoms with Crippen molar-refractivity contribution >= 4 is 28.7 Å². The number of hydrogen-bond donors (Lipinski definition) is 2. The third-order valence-electron chi connectivity index (χ3n) is 3.84. The van der Waals surface area contributed by atoms with Gasteiger partial charge in [-0.15, -0.1) is 0 Å². The number of alkyl halides is 3. The summed E-state index contributed by atoms with van der Waals surface area (Å²) in [6.45, 7) is 2.40. The molecule has 3 rings (SSSR count). The Balaban J connectivity index is 1.85. The molecule has 1 aromatic carbocycles. The van der Waals surface area contributed by atoms with Crippen LogP contribution in [0.25, 0.3) is 0 Å². The van der Waals surface area contributed by atoms with Gasteiger partial charge in [0.15, 0.2) is 5.11 Å². The molecule has 8 heteroatoms. The van der Waals surface area contributed by atoms with Crippen LogP contribution in [0.3, 0.4) is 0 Å². The van der Waals surface area contributed by atoms with E-state index in [0.29, 0.717) is 48.8 Å². The SMILES string of the molecule is FC(F)(F)c1ccc(N2CCOCC2)c(NC(=S)NC2CC2)c1. The maximum atomic E-state index is 13.0. The number of benzene rings is 1. The van der Waals surface area contributed by atoms with E-state index >= 15 is 0 Å². The predicted molar refractivity (Wildman–Crippen MR) is 86.9 cm³/mol. The van der Waals surface area contributed by atoms with Gasteiger partial charge in [0.05, 0.1) is 30.2 Å². The van der Waals surface area contributed by atoms with Crippen LogP contribution in [0, 0.1) is 0 Å². The second kappa shape index (κ2) is 6.52. The third-order valence-corrected chi connectivity index (χ3v) is 4.06. The van der Waals surface area contributed by atoms with Gasteiger partial charge in [-0.2, -0.15) is 13.2 Å². The van der Waals surface area contributed by atoms with Crippen LogP contribution in [0.1, 0.15) is 18.4 Å². The van der Waals surface area contributed by atoms with Crippen LogP contribution in [-0.2, 0) is 10.9 Å². The van der Waals surface area contributed by atoms with Gasteiger partial charge in [0, 0.05) is 19.1 Å². The van der Waals surface area contributed by atoms with Gasteiger partial charge >= 0.3 is 6.18 Å². The maximum Gasteiger partial charge on any atom is 0.416 e. The summed E-state index contributed by atoms with van der Waals surface area (Å²) in [5.41, 5.74) is 0.396. The van der Waals surface area contributed by atoms with Crippen LogP contribution in [0.4, 0.5) is 24.5 Å². The first kappa shape index (κ1) is 16.3. The highest BCUT2D eigenvalue weighted by atomic mass is 32.1. The van der Waals surface area contributed by atoms with Gasteiger partial charge in [-0.3, -0.25) is 0 Å². The summed E-state index contributed by atoms with van der Waals surface area (Å²) < 4.78 is 44.3. The highest BCUT2D eigenvalue weighted by Crippen LogP contribution is 2.35. The summed E-state index contributed by atoms with van der Waals surface area (Å²) in [6.07, 6.45) is -2.30. The number of nitrogens with zero attached hydrogens (tertiary/aromatic N) is 1. The smallest absolute Gasteiger partial charge is 0.378 e. The molecule has 0 unspecified atom stereocenters. The van der Waals surface area contributed by atoms with Crippen molar-refractivity contribution in [2.45, 2.75) is 25.1 Å². The molecule has 1 heterocycles. The van der Waals surface area contributed by atoms with E-state index in [2.05, 4.69) is 10.6 Å². The van der Waals surface area contributed by atoms with Crippen molar-refractivity contribution in [2.75, 3.05) is 36.5 Å². The normalized spacial score (nSPS) is 18.7. The topological polar surface area (TPSA) is 36.5 Å². The molecule has 0 radical (unpaired) electrons. The third kappa shape index (κ3) is 4.26. The zero-order chi connectivity index (χ0) is 16.4. The fourth-order valence-electron chi connectivity index (χ4n) is 2.46. The van der Waals surface area contributed by atoms with E-state index in [9.17, 15) is 13.2 Å². The fraction of sp³-hybridized carbons (Fsp3) is 0.533. The molecule has 1 aromatic rings. The first-order valence-corrected chi connectivity index (χ1v) is 7.96. The van der Waals surface area contributed by atoms with Gasteiger partial charge in [0.25, 0.3) is 0 Å². The molecule has 1 saturated heterocycles. The summed E-state index contributed by atoms with van der Waals surface area (Å²) in [5, 5.41) is 6.38. The Kier molecular flexibility index (Phi) is 4.63. The lowest BCUT2D eigenvalue weighted by Crippen LogP contribution is -2.37. The van der Waals surface area contributed by atoms with Crippen LogP contribution in [0.15, 0.2) is 18.2 Å². The average molecular weight is 345 g/mol. The Morgan fingerprint density at radius 3 is 2.52 bits per heavy atom. The molecule has 2 fully saturated rings. The van der Waals surface area contributed by atoms with E-state index in [1.165, 1.54) is 6.07 Å². The van der Waals surface area contributed by atoms with E-state index in [4.69, 9.17) is 17.0 Å². The lowest BCUT2D eigenvalue weighted by atomic mass is 10.1. The van der Waals surface area contributed by atoms with Crippen molar-refractivity contribution in [3.8, 4) is 0 Å². The second-order valence-electron chi connectivity index (χ2n) is 5.70. The first-order valence-electron chi connectivity index (χ1n) is 7.55. The summed E-state index contributed by atoms with van der Waals surface area (Å²) in [5.74, 6) is 0. The summed E-state index contributed by atoms with van der Waals surface area (Å²) in [7, 11) is 0. The van der Waals surface area contributed by atoms with E-state index in [1.807, 2.05) is 4.90 Å². The minimum atomic E-state index is -4.38. The minimum Gasteiger partial charge on any atom is -0.378 e. The molecule has 126 valence electrons. The average Bonchev–Trinajstić information content (AvgIpc) is 3.31. The van der Waals surface area contributed by atoms with E-state index in [0.717, 1.165) is 25.0 Å². The van der Waals surface area contributed by atoms with Gasteiger partial charge in [-0.25, -0.2) is 0 Å². The molecule has 0 amide bonds. The summed E-state index contributed by atoms with van der Waals surface area (Å²) >= 11 is 5.20. The van der Waals surface area contributed by atoms with E-state index in [-0.39, 0.29) is 0 Å². The number of morpholine rings is 1. The van der Waals surface area contributed by atoms with Crippen LogP contribution in [0.2, 0.25) is 0 Å². The number of ether oxygens (including phenoxy) is 1. The summed E-state index contributed by atoms with van der Waals surface area (Å²) in [4.78, 5) is 2.01. The fourth-order valence-corrected chi connectivity index (χ4v) is 2.74. The van der Waals surface area contributed by atoms with Crippen LogP contribution in [0.5, 0.6) is 0 Å². The molecule has 0 bridgehead atoms. The molecular formula is C15H18F3N3OS. The van der Waals surface area contributed by atoms with Gasteiger partial charge in [-0.05, 0) is 43.3 Å². The zero-order valence-electron chi connectivity index (χ0n) is 12.4. The monoisotopic (exact) mass is 345 g/mol. The van der Waals surface area contributed by atoms with Crippen molar-refractivity contribution in [1.29, 1.82) is 0 Å². The molecule has 23 heavy (non-hydrogen) atoms. The molecule has 2 aliphatic rings. The lowest BCUT2D eigenvalue weighted by molar-refractivity contribution is -0.137. The molecule has 1 aliphatic carbocycles. The quantitative estimate of drug-likeness (QED) is 0.824. The van der Waals surface area contributed by atoms with Crippen LogP contribution < -0.4 is 15.5 Å². The Morgan fingerprint density at radius 1 is 1.22 bits per heavy atom. The molecule has 2 N–H and O–H groups in total. The Morgan fingerprint density at radius 2 is 1.91 bits per heavy atom. The highest BCUT2D eigenvalue weighted by Gasteiger charge is 2.32. The Labute approximate surface area is 138 Å². The van der Waals surface area contributed by atoms with Gasteiger partial charge in [-0.1, -0.05) is 0 Å². The number of halogens is 3. The Hall–Kier alpha value is -1.54.